The number of carbonyl (C=O) groups excluding carboxylic acids is 2. The normalized spacial score (nSPS) is 17.1. The zero-order chi connectivity index (χ0) is 15.6. The van der Waals surface area contributed by atoms with Gasteiger partial charge in [-0.25, -0.2) is 0 Å². The molecule has 0 atom stereocenters. The van der Waals surface area contributed by atoms with Crippen LogP contribution in [0.3, 0.4) is 0 Å². The van der Waals surface area contributed by atoms with E-state index < -0.39 is 0 Å². The smallest absolute Gasteiger partial charge is 0.285 e. The minimum absolute atomic E-state index is 0.207. The number of aromatic nitrogens is 1. The molecular weight excluding hydrogens is 306 g/mol. The molecule has 0 radical (unpaired) electrons. The average Bonchev–Trinajstić information content (AvgIpc) is 2.88. The Kier molecular flexibility index (Phi) is 4.84. The number of hydrogen-bond donors (Lipinski definition) is 1. The van der Waals surface area contributed by atoms with Gasteiger partial charge in [-0.05, 0) is 36.3 Å². The molecule has 0 aliphatic carbocycles. The fourth-order valence-electron chi connectivity index (χ4n) is 1.86. The Morgan fingerprint density at radius 2 is 2.24 bits per heavy atom. The Labute approximate surface area is 133 Å². The summed E-state index contributed by atoms with van der Waals surface area (Å²) >= 11 is 6.35. The number of hydrogen-bond acceptors (Lipinski definition) is 4. The van der Waals surface area contributed by atoms with Crippen LogP contribution in [0.1, 0.15) is 26.0 Å². The van der Waals surface area contributed by atoms with Crippen LogP contribution in [-0.2, 0) is 16.6 Å². The average molecular weight is 323 g/mol. The molecule has 21 heavy (non-hydrogen) atoms. The van der Waals surface area contributed by atoms with E-state index in [1.807, 2.05) is 43.8 Å². The summed E-state index contributed by atoms with van der Waals surface area (Å²) in [7, 11) is 1.90. The van der Waals surface area contributed by atoms with Crippen LogP contribution in [0.5, 0.6) is 0 Å². The van der Waals surface area contributed by atoms with Gasteiger partial charge in [0.05, 0.1) is 4.91 Å². The predicted octanol–water partition coefficient (Wildman–Crippen LogP) is 2.30. The van der Waals surface area contributed by atoms with Crippen LogP contribution in [0.4, 0.5) is 0 Å². The molecule has 0 spiro atoms. The first kappa shape index (κ1) is 15.8. The van der Waals surface area contributed by atoms with Crippen LogP contribution in [-0.4, -0.2) is 25.7 Å². The van der Waals surface area contributed by atoms with Gasteiger partial charge >= 0.3 is 0 Å². The molecule has 0 saturated carbocycles. The summed E-state index contributed by atoms with van der Waals surface area (Å²) < 4.78 is 2.25. The summed E-state index contributed by atoms with van der Waals surface area (Å²) in [6.45, 7) is 3.89. The second-order valence-electron chi connectivity index (χ2n) is 5.19. The van der Waals surface area contributed by atoms with E-state index in [2.05, 4.69) is 5.43 Å². The summed E-state index contributed by atoms with van der Waals surface area (Å²) in [4.78, 5) is 24.6. The van der Waals surface area contributed by atoms with Gasteiger partial charge in [-0.3, -0.25) is 15.0 Å². The van der Waals surface area contributed by atoms with Crippen molar-refractivity contribution < 1.29 is 9.59 Å². The van der Waals surface area contributed by atoms with Crippen molar-refractivity contribution in [2.24, 2.45) is 13.0 Å². The van der Waals surface area contributed by atoms with Crippen LogP contribution in [0, 0.1) is 5.92 Å². The van der Waals surface area contributed by atoms with E-state index in [-0.39, 0.29) is 17.7 Å². The van der Waals surface area contributed by atoms with Gasteiger partial charge in [0.1, 0.15) is 0 Å². The van der Waals surface area contributed by atoms with Crippen molar-refractivity contribution in [1.29, 1.82) is 0 Å². The molecule has 2 rings (SSSR count). The van der Waals surface area contributed by atoms with Crippen molar-refractivity contribution in [2.45, 2.75) is 20.3 Å². The first-order valence-electron chi connectivity index (χ1n) is 6.57. The Morgan fingerprint density at radius 1 is 1.52 bits per heavy atom. The van der Waals surface area contributed by atoms with Crippen molar-refractivity contribution in [3.8, 4) is 0 Å². The molecule has 7 heteroatoms. The van der Waals surface area contributed by atoms with Crippen LogP contribution in [0.15, 0.2) is 23.2 Å². The molecule has 1 aliphatic rings. The maximum atomic E-state index is 12.3. The lowest BCUT2D eigenvalue weighted by Crippen LogP contribution is -2.45. The number of nitrogens with zero attached hydrogens (tertiary/aromatic N) is 2. The molecular formula is C14H17N3O2S2. The first-order chi connectivity index (χ1) is 9.88. The van der Waals surface area contributed by atoms with Crippen molar-refractivity contribution in [2.75, 3.05) is 0 Å². The Hall–Kier alpha value is -1.60. The number of amides is 2. The lowest BCUT2D eigenvalue weighted by molar-refractivity contribution is -0.133. The maximum absolute atomic E-state index is 12.3. The molecule has 0 bridgehead atoms. The van der Waals surface area contributed by atoms with Crippen LogP contribution >= 0.6 is 24.0 Å². The first-order valence-corrected chi connectivity index (χ1v) is 7.79. The molecule has 2 amide bonds. The summed E-state index contributed by atoms with van der Waals surface area (Å²) in [5.41, 5.74) is 3.48. The number of thioether (sulfide) groups is 1. The quantitative estimate of drug-likeness (QED) is 0.682. The molecule has 5 nitrogen and oxygen atoms in total. The van der Waals surface area contributed by atoms with Gasteiger partial charge in [-0.15, -0.1) is 0 Å². The number of aryl methyl sites for hydroxylation is 1. The van der Waals surface area contributed by atoms with Crippen molar-refractivity contribution in [3.05, 3.63) is 28.9 Å². The zero-order valence-corrected chi connectivity index (χ0v) is 13.8. The molecule has 1 N–H and O–H groups in total. The fraction of sp³-hybridized carbons (Fsp3) is 0.357. The highest BCUT2D eigenvalue weighted by Crippen LogP contribution is 2.31. The number of thiocarbonyl (C=S) groups is 1. The van der Waals surface area contributed by atoms with Gasteiger partial charge in [0.2, 0.25) is 5.91 Å². The van der Waals surface area contributed by atoms with Crippen LogP contribution in [0.2, 0.25) is 0 Å². The highest BCUT2D eigenvalue weighted by Gasteiger charge is 2.33. The van der Waals surface area contributed by atoms with Crippen molar-refractivity contribution in [1.82, 2.24) is 15.0 Å². The number of rotatable bonds is 4. The second kappa shape index (κ2) is 6.44. The molecule has 2 heterocycles. The number of hydrazine groups is 1. The largest absolute Gasteiger partial charge is 0.351 e. The van der Waals surface area contributed by atoms with E-state index in [0.717, 1.165) is 10.7 Å². The summed E-state index contributed by atoms with van der Waals surface area (Å²) in [6.07, 6.45) is 4.03. The van der Waals surface area contributed by atoms with Crippen molar-refractivity contribution >= 4 is 46.2 Å². The minimum atomic E-state index is -0.289. The number of nitrogens with one attached hydrogen (secondary N) is 1. The van der Waals surface area contributed by atoms with Gasteiger partial charge < -0.3 is 4.57 Å². The summed E-state index contributed by atoms with van der Waals surface area (Å²) in [5.74, 6) is -0.271. The highest BCUT2D eigenvalue weighted by molar-refractivity contribution is 8.26. The molecule has 1 aromatic rings. The molecule has 0 aromatic carbocycles. The van der Waals surface area contributed by atoms with E-state index >= 15 is 0 Å². The third kappa shape index (κ3) is 3.74. The van der Waals surface area contributed by atoms with Gasteiger partial charge in [0.25, 0.3) is 5.91 Å². The summed E-state index contributed by atoms with van der Waals surface area (Å²) in [6, 6.07) is 3.81. The Morgan fingerprint density at radius 3 is 2.81 bits per heavy atom. The third-order valence-corrected chi connectivity index (χ3v) is 4.19. The highest BCUT2D eigenvalue weighted by atomic mass is 32.2. The predicted molar refractivity (Wildman–Crippen MR) is 88.0 cm³/mol. The molecule has 1 fully saturated rings. The maximum Gasteiger partial charge on any atom is 0.285 e. The van der Waals surface area contributed by atoms with Gasteiger partial charge in [-0.2, -0.15) is 5.01 Å². The monoisotopic (exact) mass is 323 g/mol. The van der Waals surface area contributed by atoms with E-state index in [9.17, 15) is 9.59 Å². The second-order valence-corrected chi connectivity index (χ2v) is 6.87. The van der Waals surface area contributed by atoms with Gasteiger partial charge in [0.15, 0.2) is 4.32 Å². The van der Waals surface area contributed by atoms with Crippen molar-refractivity contribution in [3.63, 3.8) is 0 Å². The van der Waals surface area contributed by atoms with E-state index in [0.29, 0.717) is 15.6 Å². The number of carbonyl (C=O) groups is 2. The Balaban J connectivity index is 2.12. The molecule has 1 aliphatic heterocycles. The summed E-state index contributed by atoms with van der Waals surface area (Å²) in [5, 5.41) is 1.15. The van der Waals surface area contributed by atoms with E-state index in [1.54, 1.807) is 6.08 Å². The molecule has 1 saturated heterocycles. The fourth-order valence-corrected chi connectivity index (χ4v) is 3.03. The minimum Gasteiger partial charge on any atom is -0.351 e. The zero-order valence-electron chi connectivity index (χ0n) is 12.1. The van der Waals surface area contributed by atoms with Crippen LogP contribution < -0.4 is 5.43 Å². The van der Waals surface area contributed by atoms with E-state index in [4.69, 9.17) is 12.2 Å². The molecule has 1 aromatic heterocycles. The van der Waals surface area contributed by atoms with Crippen LogP contribution in [0.25, 0.3) is 6.08 Å². The Bertz CT molecular complexity index is 619. The lowest BCUT2D eigenvalue weighted by Gasteiger charge is -2.16. The molecule has 0 unspecified atom stereocenters. The lowest BCUT2D eigenvalue weighted by atomic mass is 10.1. The topological polar surface area (TPSA) is 54.3 Å². The standard InChI is InChI=1S/C14H17N3O2S2/c1-9(2)7-12(18)15-17-13(19)11(21-14(17)20)8-10-5-4-6-16(10)3/h4-6,8-9H,7H2,1-3H3,(H,15,18)/b11-8-. The molecule has 112 valence electrons. The van der Waals surface area contributed by atoms with E-state index in [1.165, 1.54) is 11.8 Å². The van der Waals surface area contributed by atoms with Gasteiger partial charge in [-0.1, -0.05) is 25.6 Å². The third-order valence-electron chi connectivity index (χ3n) is 2.89. The SMILES string of the molecule is CC(C)CC(=O)NN1C(=O)/C(=C/c2cccn2C)SC1=S. The van der Waals surface area contributed by atoms with Gasteiger partial charge in [0, 0.05) is 25.4 Å².